The van der Waals surface area contributed by atoms with Gasteiger partial charge < -0.3 is 9.84 Å². The molecular weight excluding hydrogens is 472 g/mol. The molecule has 4 heteroatoms. The SMILES string of the molecule is CCCCC(CC)COC(=O)C(CCCCCCCCCCCCCCCC(=O)O)CC(CC)CCCC. The van der Waals surface area contributed by atoms with Crippen molar-refractivity contribution in [2.45, 2.75) is 182 Å². The van der Waals surface area contributed by atoms with Gasteiger partial charge in [-0.15, -0.1) is 0 Å². The number of carboxylic acid groups (broad SMARTS) is 1. The predicted molar refractivity (Wildman–Crippen MR) is 163 cm³/mol. The zero-order chi connectivity index (χ0) is 28.3. The van der Waals surface area contributed by atoms with Crippen molar-refractivity contribution in [3.8, 4) is 0 Å². The Bertz CT molecular complexity index is 533. The molecule has 0 aromatic rings. The van der Waals surface area contributed by atoms with Crippen LogP contribution in [0.4, 0.5) is 0 Å². The first-order valence-electron chi connectivity index (χ1n) is 16.9. The molecule has 1 N–H and O–H groups in total. The van der Waals surface area contributed by atoms with Crippen LogP contribution >= 0.6 is 0 Å². The minimum Gasteiger partial charge on any atom is -0.481 e. The Kier molecular flexibility index (Phi) is 26.7. The summed E-state index contributed by atoms with van der Waals surface area (Å²) in [5, 5.41) is 8.66. The van der Waals surface area contributed by atoms with E-state index in [2.05, 4.69) is 27.7 Å². The van der Waals surface area contributed by atoms with Gasteiger partial charge in [-0.05, 0) is 37.5 Å². The van der Waals surface area contributed by atoms with Crippen LogP contribution in [-0.2, 0) is 14.3 Å². The third-order valence-corrected chi connectivity index (χ3v) is 8.44. The van der Waals surface area contributed by atoms with Crippen molar-refractivity contribution in [3.63, 3.8) is 0 Å². The van der Waals surface area contributed by atoms with E-state index >= 15 is 0 Å². The molecule has 0 amide bonds. The number of ether oxygens (including phenoxy) is 1. The molecule has 0 bridgehead atoms. The number of carboxylic acids is 1. The average Bonchev–Trinajstić information content (AvgIpc) is 2.91. The van der Waals surface area contributed by atoms with E-state index in [1.807, 2.05) is 0 Å². The number of hydrogen-bond donors (Lipinski definition) is 1. The van der Waals surface area contributed by atoms with Crippen molar-refractivity contribution >= 4 is 11.9 Å². The van der Waals surface area contributed by atoms with E-state index in [1.165, 1.54) is 109 Å². The van der Waals surface area contributed by atoms with Gasteiger partial charge in [-0.3, -0.25) is 9.59 Å². The van der Waals surface area contributed by atoms with E-state index < -0.39 is 5.97 Å². The topological polar surface area (TPSA) is 63.6 Å². The molecule has 0 aliphatic rings. The molecule has 0 radical (unpaired) electrons. The van der Waals surface area contributed by atoms with Gasteiger partial charge in [0.25, 0.3) is 0 Å². The van der Waals surface area contributed by atoms with Gasteiger partial charge in [-0.2, -0.15) is 0 Å². The van der Waals surface area contributed by atoms with Crippen LogP contribution < -0.4 is 0 Å². The Balaban J connectivity index is 4.15. The van der Waals surface area contributed by atoms with Gasteiger partial charge in [-0.25, -0.2) is 0 Å². The van der Waals surface area contributed by atoms with Crippen LogP contribution in [-0.4, -0.2) is 23.7 Å². The lowest BCUT2D eigenvalue weighted by molar-refractivity contribution is -0.151. The van der Waals surface area contributed by atoms with E-state index in [0.717, 1.165) is 38.5 Å². The second-order valence-corrected chi connectivity index (χ2v) is 11.9. The monoisotopic (exact) mass is 538 g/mol. The highest BCUT2D eigenvalue weighted by molar-refractivity contribution is 5.72. The molecule has 0 spiro atoms. The summed E-state index contributed by atoms with van der Waals surface area (Å²) in [6.45, 7) is 9.60. The van der Waals surface area contributed by atoms with E-state index in [9.17, 15) is 9.59 Å². The lowest BCUT2D eigenvalue weighted by atomic mass is 9.86. The van der Waals surface area contributed by atoms with Crippen molar-refractivity contribution in [3.05, 3.63) is 0 Å². The first kappa shape index (κ1) is 36.9. The minimum atomic E-state index is -0.668. The van der Waals surface area contributed by atoms with Crippen LogP contribution in [0.5, 0.6) is 0 Å². The summed E-state index contributed by atoms with van der Waals surface area (Å²) in [4.78, 5) is 23.6. The fraction of sp³-hybridized carbons (Fsp3) is 0.941. The average molecular weight is 539 g/mol. The van der Waals surface area contributed by atoms with E-state index in [1.54, 1.807) is 0 Å². The summed E-state index contributed by atoms with van der Waals surface area (Å²) < 4.78 is 5.92. The molecule has 0 heterocycles. The molecule has 3 atom stereocenters. The van der Waals surface area contributed by atoms with Crippen LogP contribution in [0, 0.1) is 17.8 Å². The number of unbranched alkanes of at least 4 members (excludes halogenated alkanes) is 14. The fourth-order valence-electron chi connectivity index (χ4n) is 5.54. The second-order valence-electron chi connectivity index (χ2n) is 11.9. The van der Waals surface area contributed by atoms with Crippen molar-refractivity contribution in [2.24, 2.45) is 17.8 Å². The zero-order valence-corrected chi connectivity index (χ0v) is 26.1. The van der Waals surface area contributed by atoms with Crippen molar-refractivity contribution in [2.75, 3.05) is 6.61 Å². The molecule has 38 heavy (non-hydrogen) atoms. The fourth-order valence-corrected chi connectivity index (χ4v) is 5.54. The third kappa shape index (κ3) is 22.9. The van der Waals surface area contributed by atoms with Crippen molar-refractivity contribution in [1.29, 1.82) is 0 Å². The highest BCUT2D eigenvalue weighted by atomic mass is 16.5. The number of aliphatic carboxylic acids is 1. The van der Waals surface area contributed by atoms with E-state index in [4.69, 9.17) is 9.84 Å². The summed E-state index contributed by atoms with van der Waals surface area (Å²) in [5.74, 6) is 0.671. The molecule has 0 fully saturated rings. The Morgan fingerprint density at radius 3 is 1.47 bits per heavy atom. The predicted octanol–water partition coefficient (Wildman–Crippen LogP) is 10.9. The molecule has 0 saturated carbocycles. The number of rotatable bonds is 29. The smallest absolute Gasteiger partial charge is 0.308 e. The van der Waals surface area contributed by atoms with Gasteiger partial charge in [-0.1, -0.05) is 150 Å². The highest BCUT2D eigenvalue weighted by Gasteiger charge is 2.24. The molecule has 0 aromatic heterocycles. The lowest BCUT2D eigenvalue weighted by Crippen LogP contribution is -2.23. The third-order valence-electron chi connectivity index (χ3n) is 8.44. The second kappa shape index (κ2) is 27.5. The van der Waals surface area contributed by atoms with E-state index in [-0.39, 0.29) is 11.9 Å². The molecule has 3 unspecified atom stereocenters. The Hall–Kier alpha value is -1.06. The van der Waals surface area contributed by atoms with E-state index in [0.29, 0.717) is 24.9 Å². The molecule has 4 nitrogen and oxygen atoms in total. The van der Waals surface area contributed by atoms with Crippen LogP contribution in [0.25, 0.3) is 0 Å². The zero-order valence-electron chi connectivity index (χ0n) is 26.1. The van der Waals surface area contributed by atoms with Crippen LogP contribution in [0.15, 0.2) is 0 Å². The van der Waals surface area contributed by atoms with Crippen LogP contribution in [0.2, 0.25) is 0 Å². The molecule has 0 aliphatic heterocycles. The van der Waals surface area contributed by atoms with Crippen LogP contribution in [0.1, 0.15) is 182 Å². The number of carbonyl (C=O) groups excluding carboxylic acids is 1. The maximum absolute atomic E-state index is 13.1. The maximum Gasteiger partial charge on any atom is 0.308 e. The van der Waals surface area contributed by atoms with Crippen molar-refractivity contribution < 1.29 is 19.4 Å². The molecule has 0 aromatic carbocycles. The van der Waals surface area contributed by atoms with Gasteiger partial charge >= 0.3 is 11.9 Å². The van der Waals surface area contributed by atoms with Crippen LogP contribution in [0.3, 0.4) is 0 Å². The van der Waals surface area contributed by atoms with Gasteiger partial charge in [0.2, 0.25) is 0 Å². The normalized spacial score (nSPS) is 13.8. The van der Waals surface area contributed by atoms with Crippen molar-refractivity contribution in [1.82, 2.24) is 0 Å². The Morgan fingerprint density at radius 1 is 0.579 bits per heavy atom. The molecule has 0 saturated heterocycles. The summed E-state index contributed by atoms with van der Waals surface area (Å²) >= 11 is 0. The van der Waals surface area contributed by atoms with Gasteiger partial charge in [0.05, 0.1) is 12.5 Å². The summed E-state index contributed by atoms with van der Waals surface area (Å²) in [6, 6.07) is 0. The Morgan fingerprint density at radius 2 is 1.03 bits per heavy atom. The molecule has 0 aliphatic carbocycles. The maximum atomic E-state index is 13.1. The highest BCUT2D eigenvalue weighted by Crippen LogP contribution is 2.27. The Labute approximate surface area is 237 Å². The van der Waals surface area contributed by atoms with Gasteiger partial charge in [0.15, 0.2) is 0 Å². The molecule has 0 rings (SSSR count). The van der Waals surface area contributed by atoms with Gasteiger partial charge in [0, 0.05) is 6.42 Å². The number of hydrogen-bond acceptors (Lipinski definition) is 3. The summed E-state index contributed by atoms with van der Waals surface area (Å²) in [5.41, 5.74) is 0. The summed E-state index contributed by atoms with van der Waals surface area (Å²) in [7, 11) is 0. The standard InChI is InChI=1S/C34H66O4/c1-5-9-24-30(7-3)28-32(34(37)38-29-31(8-4)25-10-6-2)26-22-20-18-16-14-12-11-13-15-17-19-21-23-27-33(35)36/h30-32H,5-29H2,1-4H3,(H,35,36). The molecular formula is C34H66O4. The minimum absolute atomic E-state index is 0.0804. The molecule has 226 valence electrons. The van der Waals surface area contributed by atoms with Gasteiger partial charge in [0.1, 0.15) is 0 Å². The number of carbonyl (C=O) groups is 2. The quantitative estimate of drug-likeness (QED) is 0.0759. The largest absolute Gasteiger partial charge is 0.481 e. The summed E-state index contributed by atoms with van der Waals surface area (Å²) in [6.07, 6.45) is 27.9. The number of esters is 1. The first-order chi connectivity index (χ1) is 18.5. The first-order valence-corrected chi connectivity index (χ1v) is 16.9. The lowest BCUT2D eigenvalue weighted by Gasteiger charge is -2.23.